The van der Waals surface area contributed by atoms with Crippen molar-refractivity contribution in [2.45, 2.75) is 24.0 Å². The third-order valence-corrected chi connectivity index (χ3v) is 5.47. The van der Waals surface area contributed by atoms with Gasteiger partial charge in [0.2, 0.25) is 15.9 Å². The van der Waals surface area contributed by atoms with Gasteiger partial charge in [-0.25, -0.2) is 12.8 Å². The molecule has 12 heteroatoms. The molecule has 0 aliphatic heterocycles. The van der Waals surface area contributed by atoms with Crippen LogP contribution in [0.15, 0.2) is 41.3 Å². The number of anilines is 1. The van der Waals surface area contributed by atoms with Crippen molar-refractivity contribution in [1.82, 2.24) is 4.72 Å². The van der Waals surface area contributed by atoms with E-state index in [2.05, 4.69) is 10.0 Å². The summed E-state index contributed by atoms with van der Waals surface area (Å²) >= 11 is 0. The Balaban J connectivity index is 2.17. The summed E-state index contributed by atoms with van der Waals surface area (Å²) in [5.74, 6) is -2.01. The van der Waals surface area contributed by atoms with Gasteiger partial charge in [-0.05, 0) is 37.3 Å². The molecular weight excluding hydrogens is 432 g/mol. The first-order valence-corrected chi connectivity index (χ1v) is 9.79. The number of hydrogen-bond acceptors (Lipinski definition) is 5. The Bertz CT molecular complexity index is 1040. The fourth-order valence-corrected chi connectivity index (χ4v) is 3.63. The minimum absolute atomic E-state index is 0.142. The highest BCUT2D eigenvalue weighted by atomic mass is 32.2. The average molecular weight is 450 g/mol. The summed E-state index contributed by atoms with van der Waals surface area (Å²) in [6.45, 7) is 1.20. The highest BCUT2D eigenvalue weighted by Crippen LogP contribution is 2.33. The van der Waals surface area contributed by atoms with Gasteiger partial charge in [-0.15, -0.1) is 0 Å². The van der Waals surface area contributed by atoms with Crippen molar-refractivity contribution in [3.63, 3.8) is 0 Å². The van der Waals surface area contributed by atoms with Crippen molar-refractivity contribution in [2.24, 2.45) is 0 Å². The molecule has 0 aliphatic rings. The molecule has 1 atom stereocenters. The van der Waals surface area contributed by atoms with Crippen LogP contribution in [-0.2, 0) is 21.0 Å². The van der Waals surface area contributed by atoms with Crippen molar-refractivity contribution in [3.8, 4) is 11.5 Å². The fourth-order valence-electron chi connectivity index (χ4n) is 2.41. The number of halogens is 4. The molecule has 0 saturated carbocycles. The topological polar surface area (TPSA) is 93.7 Å². The van der Waals surface area contributed by atoms with Crippen LogP contribution in [0.25, 0.3) is 0 Å². The monoisotopic (exact) mass is 450 g/mol. The highest BCUT2D eigenvalue weighted by Gasteiger charge is 2.34. The van der Waals surface area contributed by atoms with Crippen molar-refractivity contribution < 1.29 is 40.2 Å². The lowest BCUT2D eigenvalue weighted by Crippen LogP contribution is -2.41. The van der Waals surface area contributed by atoms with E-state index in [9.17, 15) is 30.8 Å². The van der Waals surface area contributed by atoms with Crippen molar-refractivity contribution in [2.75, 3.05) is 19.5 Å². The summed E-state index contributed by atoms with van der Waals surface area (Å²) in [7, 11) is -1.49. The number of carbonyl (C=O) groups excluding carboxylic acids is 1. The number of hydrogen-bond donors (Lipinski definition) is 2. The number of alkyl halides is 3. The second-order valence-corrected chi connectivity index (χ2v) is 7.76. The Morgan fingerprint density at radius 2 is 1.67 bits per heavy atom. The third kappa shape index (κ3) is 5.39. The van der Waals surface area contributed by atoms with Crippen molar-refractivity contribution in [1.29, 1.82) is 0 Å². The number of benzene rings is 2. The minimum Gasteiger partial charge on any atom is -0.493 e. The van der Waals surface area contributed by atoms with Crippen LogP contribution < -0.4 is 19.5 Å². The summed E-state index contributed by atoms with van der Waals surface area (Å²) < 4.78 is 88.9. The van der Waals surface area contributed by atoms with E-state index in [0.29, 0.717) is 17.9 Å². The molecule has 2 N–H and O–H groups in total. The maximum absolute atomic E-state index is 13.3. The van der Waals surface area contributed by atoms with Crippen LogP contribution in [0.3, 0.4) is 0 Å². The second-order valence-electron chi connectivity index (χ2n) is 6.04. The molecule has 7 nitrogen and oxygen atoms in total. The summed E-state index contributed by atoms with van der Waals surface area (Å²) in [5.41, 5.74) is -1.90. The largest absolute Gasteiger partial charge is 0.493 e. The van der Waals surface area contributed by atoms with Gasteiger partial charge in [0.25, 0.3) is 0 Å². The summed E-state index contributed by atoms with van der Waals surface area (Å²) in [4.78, 5) is 12.0. The molecule has 0 bridgehead atoms. The summed E-state index contributed by atoms with van der Waals surface area (Å²) in [6, 6.07) is 4.31. The first-order chi connectivity index (χ1) is 13.9. The predicted molar refractivity (Wildman–Crippen MR) is 99.4 cm³/mol. The smallest absolute Gasteiger partial charge is 0.419 e. The SMILES string of the molecule is COc1ccc(S(=O)(=O)N[C@H](C)C(=O)Nc2ccc(F)c(C(F)(F)F)c2)cc1OC. The molecular formula is C18H18F4N2O5S. The first kappa shape index (κ1) is 23.4. The quantitative estimate of drug-likeness (QED) is 0.632. The molecule has 0 spiro atoms. The predicted octanol–water partition coefficient (Wildman–Crippen LogP) is 3.17. The Kier molecular flexibility index (Phi) is 6.93. The number of amides is 1. The molecule has 164 valence electrons. The third-order valence-electron chi connectivity index (χ3n) is 3.93. The van der Waals surface area contributed by atoms with Crippen LogP contribution in [0.5, 0.6) is 11.5 Å². The molecule has 0 radical (unpaired) electrons. The van der Waals surface area contributed by atoms with Gasteiger partial charge in [-0.3, -0.25) is 4.79 Å². The van der Waals surface area contributed by atoms with E-state index in [1.54, 1.807) is 0 Å². The molecule has 1 amide bonds. The normalized spacial score (nSPS) is 12.9. The number of methoxy groups -OCH3 is 2. The number of rotatable bonds is 7. The Morgan fingerprint density at radius 3 is 2.23 bits per heavy atom. The lowest BCUT2D eigenvalue weighted by Gasteiger charge is -2.16. The molecule has 0 aromatic heterocycles. The summed E-state index contributed by atoms with van der Waals surface area (Å²) in [6.07, 6.45) is -4.95. The molecule has 0 saturated heterocycles. The van der Waals surface area contributed by atoms with Crippen LogP contribution >= 0.6 is 0 Å². The maximum Gasteiger partial charge on any atom is 0.419 e. The zero-order valence-electron chi connectivity index (χ0n) is 16.0. The Hall–Kier alpha value is -2.86. The zero-order valence-corrected chi connectivity index (χ0v) is 16.8. The van der Waals surface area contributed by atoms with Gasteiger partial charge in [-0.2, -0.15) is 17.9 Å². The average Bonchev–Trinajstić information content (AvgIpc) is 2.67. The van der Waals surface area contributed by atoms with Crippen LogP contribution in [0.1, 0.15) is 12.5 Å². The zero-order chi connectivity index (χ0) is 22.7. The van der Waals surface area contributed by atoms with Crippen LogP contribution in [0, 0.1) is 5.82 Å². The summed E-state index contributed by atoms with van der Waals surface area (Å²) in [5, 5.41) is 2.12. The molecule has 0 aliphatic carbocycles. The Labute approximate surface area is 170 Å². The van der Waals surface area contributed by atoms with Crippen LogP contribution in [-0.4, -0.2) is 34.6 Å². The standard InChI is InChI=1S/C18H18F4N2O5S/c1-10(17(25)23-11-4-6-14(19)13(8-11)18(20,21)22)24-30(26,27)12-5-7-15(28-2)16(9-12)29-3/h4-10,24H,1-3H3,(H,23,25)/t10-/m1/s1. The van der Waals surface area contributed by atoms with Gasteiger partial charge in [0.15, 0.2) is 11.5 Å². The molecule has 2 rings (SSSR count). The lowest BCUT2D eigenvalue weighted by molar-refractivity contribution is -0.140. The van der Waals surface area contributed by atoms with Gasteiger partial charge in [0.1, 0.15) is 5.82 Å². The van der Waals surface area contributed by atoms with E-state index in [1.807, 2.05) is 0 Å². The Morgan fingerprint density at radius 1 is 1.03 bits per heavy atom. The van der Waals surface area contributed by atoms with Crippen molar-refractivity contribution in [3.05, 3.63) is 47.8 Å². The van der Waals surface area contributed by atoms with Gasteiger partial charge < -0.3 is 14.8 Å². The van der Waals surface area contributed by atoms with Gasteiger partial charge in [-0.1, -0.05) is 0 Å². The van der Waals surface area contributed by atoms with E-state index in [4.69, 9.17) is 9.47 Å². The first-order valence-electron chi connectivity index (χ1n) is 8.31. The van der Waals surface area contributed by atoms with Crippen LogP contribution in [0.4, 0.5) is 23.2 Å². The molecule has 0 unspecified atom stereocenters. The molecule has 2 aromatic rings. The highest BCUT2D eigenvalue weighted by molar-refractivity contribution is 7.89. The van der Waals surface area contributed by atoms with Gasteiger partial charge in [0.05, 0.1) is 30.7 Å². The van der Waals surface area contributed by atoms with Crippen molar-refractivity contribution >= 4 is 21.6 Å². The number of carbonyl (C=O) groups is 1. The molecule has 2 aromatic carbocycles. The van der Waals surface area contributed by atoms with E-state index in [1.165, 1.54) is 39.3 Å². The number of nitrogens with one attached hydrogen (secondary N) is 2. The van der Waals surface area contributed by atoms with E-state index in [0.717, 1.165) is 6.07 Å². The van der Waals surface area contributed by atoms with Gasteiger partial charge >= 0.3 is 6.18 Å². The lowest BCUT2D eigenvalue weighted by atomic mass is 10.1. The van der Waals surface area contributed by atoms with Gasteiger partial charge in [0, 0.05) is 11.8 Å². The maximum atomic E-state index is 13.3. The minimum atomic E-state index is -4.95. The molecule has 0 heterocycles. The molecule has 30 heavy (non-hydrogen) atoms. The van der Waals surface area contributed by atoms with E-state index in [-0.39, 0.29) is 16.3 Å². The number of sulfonamides is 1. The fraction of sp³-hybridized carbons (Fsp3) is 0.278. The molecule has 0 fully saturated rings. The van der Waals surface area contributed by atoms with Crippen LogP contribution in [0.2, 0.25) is 0 Å². The van der Waals surface area contributed by atoms with E-state index >= 15 is 0 Å². The number of ether oxygens (including phenoxy) is 2. The second kappa shape index (κ2) is 8.88. The van der Waals surface area contributed by atoms with E-state index < -0.39 is 39.5 Å².